The molecule has 19 heavy (non-hydrogen) atoms. The van der Waals surface area contributed by atoms with Gasteiger partial charge in [0.1, 0.15) is 5.82 Å². The predicted octanol–water partition coefficient (Wildman–Crippen LogP) is 0.159. The van der Waals surface area contributed by atoms with Crippen LogP contribution in [0.5, 0.6) is 0 Å². The van der Waals surface area contributed by atoms with Crippen LogP contribution < -0.4 is 11.1 Å². The lowest BCUT2D eigenvalue weighted by molar-refractivity contribution is -0.125. The molecule has 0 saturated carbocycles. The first kappa shape index (κ1) is 12.3. The van der Waals surface area contributed by atoms with Gasteiger partial charge in [-0.2, -0.15) is 0 Å². The minimum Gasteiger partial charge on any atom is -0.382 e. The van der Waals surface area contributed by atoms with E-state index in [0.717, 1.165) is 38.2 Å². The number of anilines is 1. The van der Waals surface area contributed by atoms with E-state index in [9.17, 15) is 4.79 Å². The summed E-state index contributed by atoms with van der Waals surface area (Å²) in [6, 6.07) is 0.370. The quantitative estimate of drug-likeness (QED) is 0.792. The number of nitrogen functional groups attached to an aromatic ring is 1. The second kappa shape index (κ2) is 5.13. The molecular formula is C13H19N5O. The first-order chi connectivity index (χ1) is 9.20. The monoisotopic (exact) mass is 261 g/mol. The summed E-state index contributed by atoms with van der Waals surface area (Å²) < 4.78 is 0. The normalized spacial score (nSPS) is 27.7. The van der Waals surface area contributed by atoms with Crippen molar-refractivity contribution < 1.29 is 4.79 Å². The first-order valence-electron chi connectivity index (χ1n) is 6.79. The molecule has 3 rings (SSSR count). The molecule has 1 aromatic heterocycles. The average molecular weight is 261 g/mol. The Hall–Kier alpha value is -1.69. The number of nitrogens with two attached hydrogens (primary N) is 1. The van der Waals surface area contributed by atoms with Crippen molar-refractivity contribution in [3.8, 4) is 0 Å². The van der Waals surface area contributed by atoms with Crippen LogP contribution in [0.2, 0.25) is 0 Å². The van der Waals surface area contributed by atoms with E-state index in [4.69, 9.17) is 5.73 Å². The average Bonchev–Trinajstić information content (AvgIpc) is 2.42. The van der Waals surface area contributed by atoms with Crippen LogP contribution in [0, 0.1) is 5.92 Å². The van der Waals surface area contributed by atoms with Gasteiger partial charge in [-0.3, -0.25) is 14.7 Å². The number of carbonyl (C=O) groups is 1. The molecule has 6 heteroatoms. The van der Waals surface area contributed by atoms with Gasteiger partial charge in [-0.15, -0.1) is 0 Å². The lowest BCUT2D eigenvalue weighted by Crippen LogP contribution is -2.53. The van der Waals surface area contributed by atoms with Gasteiger partial charge in [-0.1, -0.05) is 0 Å². The van der Waals surface area contributed by atoms with Gasteiger partial charge in [0.05, 0.1) is 18.1 Å². The van der Waals surface area contributed by atoms with Crippen molar-refractivity contribution in [1.29, 1.82) is 0 Å². The number of amides is 1. The highest BCUT2D eigenvalue weighted by Gasteiger charge is 2.33. The van der Waals surface area contributed by atoms with E-state index in [-0.39, 0.29) is 5.91 Å². The van der Waals surface area contributed by atoms with Crippen molar-refractivity contribution in [2.45, 2.75) is 31.8 Å². The molecule has 0 radical (unpaired) electrons. The minimum absolute atomic E-state index is 0.208. The van der Waals surface area contributed by atoms with Crippen molar-refractivity contribution in [2.24, 2.45) is 5.92 Å². The summed E-state index contributed by atoms with van der Waals surface area (Å²) >= 11 is 0. The lowest BCUT2D eigenvalue weighted by Gasteiger charge is -2.41. The Bertz CT molecular complexity index is 461. The Morgan fingerprint density at radius 2 is 2.26 bits per heavy atom. The van der Waals surface area contributed by atoms with Crippen molar-refractivity contribution >= 4 is 11.7 Å². The standard InChI is InChI=1S/C13H19N5O/c14-12-6-15-10(5-16-12)8-18-4-3-11-9(7-18)1-2-13(19)17-11/h5-6,9,11H,1-4,7-8H2,(H2,14,16)(H,17,19). The second-order valence-electron chi connectivity index (χ2n) is 5.43. The smallest absolute Gasteiger partial charge is 0.220 e. The summed E-state index contributed by atoms with van der Waals surface area (Å²) in [5.41, 5.74) is 6.48. The predicted molar refractivity (Wildman–Crippen MR) is 71.0 cm³/mol. The van der Waals surface area contributed by atoms with E-state index in [1.807, 2.05) is 0 Å². The van der Waals surface area contributed by atoms with Crippen LogP contribution in [0.25, 0.3) is 0 Å². The zero-order valence-electron chi connectivity index (χ0n) is 10.9. The number of hydrogen-bond acceptors (Lipinski definition) is 5. The van der Waals surface area contributed by atoms with Gasteiger partial charge in [0.2, 0.25) is 5.91 Å². The fraction of sp³-hybridized carbons (Fsp3) is 0.615. The number of aromatic nitrogens is 2. The molecule has 102 valence electrons. The van der Waals surface area contributed by atoms with Gasteiger partial charge in [0, 0.05) is 32.1 Å². The number of nitrogens with one attached hydrogen (secondary N) is 1. The Morgan fingerprint density at radius 3 is 3.05 bits per heavy atom. The molecule has 2 atom stereocenters. The lowest BCUT2D eigenvalue weighted by atomic mass is 9.85. The molecule has 6 nitrogen and oxygen atoms in total. The molecule has 2 unspecified atom stereocenters. The van der Waals surface area contributed by atoms with Crippen molar-refractivity contribution in [3.05, 3.63) is 18.1 Å². The number of fused-ring (bicyclic) bond motifs is 1. The van der Waals surface area contributed by atoms with E-state index in [0.29, 0.717) is 24.2 Å². The number of carbonyl (C=O) groups excluding carboxylic acids is 1. The van der Waals surface area contributed by atoms with Gasteiger partial charge in [0.15, 0.2) is 0 Å². The third-order valence-corrected chi connectivity index (χ3v) is 4.02. The Labute approximate surface area is 112 Å². The van der Waals surface area contributed by atoms with Crippen molar-refractivity contribution in [3.63, 3.8) is 0 Å². The molecule has 2 aliphatic heterocycles. The van der Waals surface area contributed by atoms with Crippen molar-refractivity contribution in [1.82, 2.24) is 20.2 Å². The van der Waals surface area contributed by atoms with Crippen LogP contribution in [0.3, 0.4) is 0 Å². The van der Waals surface area contributed by atoms with Crippen molar-refractivity contribution in [2.75, 3.05) is 18.8 Å². The van der Waals surface area contributed by atoms with Gasteiger partial charge in [-0.05, 0) is 18.8 Å². The maximum absolute atomic E-state index is 11.4. The highest BCUT2D eigenvalue weighted by molar-refractivity contribution is 5.77. The number of nitrogens with zero attached hydrogens (tertiary/aromatic N) is 3. The van der Waals surface area contributed by atoms with Gasteiger partial charge < -0.3 is 11.1 Å². The molecular weight excluding hydrogens is 242 g/mol. The SMILES string of the molecule is Nc1cnc(CN2CCC3NC(=O)CCC3C2)cn1. The van der Waals surface area contributed by atoms with Gasteiger partial charge >= 0.3 is 0 Å². The topological polar surface area (TPSA) is 84.1 Å². The first-order valence-corrected chi connectivity index (χ1v) is 6.79. The molecule has 2 saturated heterocycles. The second-order valence-corrected chi connectivity index (χ2v) is 5.43. The fourth-order valence-corrected chi connectivity index (χ4v) is 3.00. The molecule has 3 N–H and O–H groups in total. The summed E-state index contributed by atoms with van der Waals surface area (Å²) in [5, 5.41) is 3.10. The largest absolute Gasteiger partial charge is 0.382 e. The van der Waals surface area contributed by atoms with Crippen LogP contribution >= 0.6 is 0 Å². The summed E-state index contributed by atoms with van der Waals surface area (Å²) in [5.74, 6) is 1.24. The Balaban J connectivity index is 1.59. The molecule has 0 aliphatic carbocycles. The number of rotatable bonds is 2. The third kappa shape index (κ3) is 2.84. The van der Waals surface area contributed by atoms with Crippen LogP contribution in [0.4, 0.5) is 5.82 Å². The number of likely N-dealkylation sites (tertiary alicyclic amines) is 1. The van der Waals surface area contributed by atoms with E-state index in [1.165, 1.54) is 0 Å². The summed E-state index contributed by atoms with van der Waals surface area (Å²) in [7, 11) is 0. The zero-order valence-corrected chi connectivity index (χ0v) is 10.9. The number of piperidine rings is 2. The Kier molecular flexibility index (Phi) is 3.33. The van der Waals surface area contributed by atoms with Crippen LogP contribution in [0.15, 0.2) is 12.4 Å². The van der Waals surface area contributed by atoms with Gasteiger partial charge in [-0.25, -0.2) is 4.98 Å². The maximum Gasteiger partial charge on any atom is 0.220 e. The summed E-state index contributed by atoms with van der Waals surface area (Å²) in [6.07, 6.45) is 6.03. The molecule has 1 aromatic rings. The summed E-state index contributed by atoms with van der Waals surface area (Å²) in [4.78, 5) is 22.1. The minimum atomic E-state index is 0.208. The molecule has 3 heterocycles. The maximum atomic E-state index is 11.4. The molecule has 0 spiro atoms. The Morgan fingerprint density at radius 1 is 1.37 bits per heavy atom. The fourth-order valence-electron chi connectivity index (χ4n) is 3.00. The van der Waals surface area contributed by atoms with Gasteiger partial charge in [0.25, 0.3) is 0 Å². The number of hydrogen-bond donors (Lipinski definition) is 2. The van der Waals surface area contributed by atoms with Crippen LogP contribution in [-0.4, -0.2) is 39.9 Å². The highest BCUT2D eigenvalue weighted by atomic mass is 16.1. The van der Waals surface area contributed by atoms with E-state index in [2.05, 4.69) is 20.2 Å². The van der Waals surface area contributed by atoms with Crippen LogP contribution in [-0.2, 0) is 11.3 Å². The highest BCUT2D eigenvalue weighted by Crippen LogP contribution is 2.25. The summed E-state index contributed by atoms with van der Waals surface area (Å²) in [6.45, 7) is 2.83. The molecule has 0 bridgehead atoms. The molecule has 2 aliphatic rings. The van der Waals surface area contributed by atoms with E-state index >= 15 is 0 Å². The zero-order chi connectivity index (χ0) is 13.2. The molecule has 0 aromatic carbocycles. The molecule has 1 amide bonds. The van der Waals surface area contributed by atoms with E-state index < -0.39 is 0 Å². The third-order valence-electron chi connectivity index (χ3n) is 4.02. The molecule has 2 fully saturated rings. The van der Waals surface area contributed by atoms with Crippen LogP contribution in [0.1, 0.15) is 25.0 Å². The van der Waals surface area contributed by atoms with E-state index in [1.54, 1.807) is 12.4 Å².